The van der Waals surface area contributed by atoms with Gasteiger partial charge in [0.05, 0.1) is 11.6 Å². The first-order valence-electron chi connectivity index (χ1n) is 4.86. The Balaban J connectivity index is 2.82. The number of carboxylic acid groups (broad SMARTS) is 1. The molecule has 0 aromatic heterocycles. The van der Waals surface area contributed by atoms with Crippen LogP contribution < -0.4 is 4.74 Å². The molecule has 0 aliphatic rings. The van der Waals surface area contributed by atoms with E-state index in [-0.39, 0.29) is 29.5 Å². The highest BCUT2D eigenvalue weighted by molar-refractivity contribution is 6.32. The molecule has 0 heterocycles. The zero-order valence-corrected chi connectivity index (χ0v) is 9.86. The fraction of sp³-hybridized carbons (Fsp3) is 0.273. The van der Waals surface area contributed by atoms with E-state index in [1.165, 1.54) is 18.2 Å². The minimum atomic E-state index is -1.17. The second-order valence-corrected chi connectivity index (χ2v) is 3.42. The predicted octanol–water partition coefficient (Wildman–Crippen LogP) is 1.98. The van der Waals surface area contributed by atoms with Crippen molar-refractivity contribution in [3.05, 3.63) is 28.8 Å². The lowest BCUT2D eigenvalue weighted by atomic mass is 10.2. The number of benzene rings is 1. The van der Waals surface area contributed by atoms with Gasteiger partial charge in [-0.1, -0.05) is 17.7 Å². The number of carbonyl (C=O) groups excluding carboxylic acids is 1. The highest BCUT2D eigenvalue weighted by Gasteiger charge is 2.15. The normalized spacial score (nSPS) is 9.76. The van der Waals surface area contributed by atoms with Gasteiger partial charge in [-0.3, -0.25) is 0 Å². The van der Waals surface area contributed by atoms with E-state index in [0.717, 1.165) is 0 Å². The first kappa shape index (κ1) is 13.3. The Labute approximate surface area is 103 Å². The van der Waals surface area contributed by atoms with Gasteiger partial charge in [0.2, 0.25) is 0 Å². The van der Waals surface area contributed by atoms with Crippen molar-refractivity contribution in [3.8, 4) is 5.75 Å². The first-order chi connectivity index (χ1) is 8.06. The van der Waals surface area contributed by atoms with Crippen LogP contribution in [0.4, 0.5) is 0 Å². The van der Waals surface area contributed by atoms with Crippen LogP contribution in [0.25, 0.3) is 0 Å². The maximum atomic E-state index is 11.1. The fourth-order valence-corrected chi connectivity index (χ4v) is 1.39. The lowest BCUT2D eigenvalue weighted by Crippen LogP contribution is -2.16. The number of aromatic carboxylic acids is 1. The fourth-order valence-electron chi connectivity index (χ4n) is 1.16. The molecule has 1 N–H and O–H groups in total. The molecule has 17 heavy (non-hydrogen) atoms. The Bertz CT molecular complexity index is 430. The molecule has 6 heteroatoms. The highest BCUT2D eigenvalue weighted by Crippen LogP contribution is 2.28. The average molecular weight is 259 g/mol. The number of esters is 1. The van der Waals surface area contributed by atoms with E-state index in [1.54, 1.807) is 6.92 Å². The number of ether oxygens (including phenoxy) is 2. The van der Waals surface area contributed by atoms with Crippen molar-refractivity contribution < 1.29 is 24.2 Å². The van der Waals surface area contributed by atoms with E-state index in [1.807, 2.05) is 0 Å². The lowest BCUT2D eigenvalue weighted by Gasteiger charge is -2.09. The summed E-state index contributed by atoms with van der Waals surface area (Å²) in [5.74, 6) is -1.79. The molecular formula is C11H11ClO5. The first-order valence-corrected chi connectivity index (χ1v) is 5.24. The van der Waals surface area contributed by atoms with Crippen molar-refractivity contribution in [2.24, 2.45) is 0 Å². The topological polar surface area (TPSA) is 72.8 Å². The SMILES string of the molecule is CCOC(=O)COc1c(Cl)cccc1C(=O)O. The maximum Gasteiger partial charge on any atom is 0.344 e. The van der Waals surface area contributed by atoms with Crippen molar-refractivity contribution in [2.75, 3.05) is 13.2 Å². The van der Waals surface area contributed by atoms with Crippen molar-refractivity contribution in [2.45, 2.75) is 6.92 Å². The van der Waals surface area contributed by atoms with Gasteiger partial charge < -0.3 is 14.6 Å². The Morgan fingerprint density at radius 1 is 1.41 bits per heavy atom. The van der Waals surface area contributed by atoms with E-state index in [4.69, 9.17) is 21.4 Å². The van der Waals surface area contributed by atoms with Crippen LogP contribution in [0, 0.1) is 0 Å². The van der Waals surface area contributed by atoms with Crippen molar-refractivity contribution in [1.82, 2.24) is 0 Å². The third-order valence-corrected chi connectivity index (χ3v) is 2.13. The molecule has 0 atom stereocenters. The molecule has 92 valence electrons. The van der Waals surface area contributed by atoms with Crippen LogP contribution in [-0.4, -0.2) is 30.3 Å². The Morgan fingerprint density at radius 3 is 2.71 bits per heavy atom. The van der Waals surface area contributed by atoms with Crippen LogP contribution in [0.15, 0.2) is 18.2 Å². The van der Waals surface area contributed by atoms with Crippen LogP contribution in [-0.2, 0) is 9.53 Å². The number of para-hydroxylation sites is 1. The molecule has 1 rings (SSSR count). The summed E-state index contributed by atoms with van der Waals surface area (Å²) in [6.45, 7) is 1.52. The zero-order chi connectivity index (χ0) is 12.8. The van der Waals surface area contributed by atoms with Crippen LogP contribution in [0.3, 0.4) is 0 Å². The number of rotatable bonds is 5. The largest absolute Gasteiger partial charge is 0.479 e. The third-order valence-electron chi connectivity index (χ3n) is 1.84. The number of hydrogen-bond donors (Lipinski definition) is 1. The standard InChI is InChI=1S/C11H11ClO5/c1-2-16-9(13)6-17-10-7(11(14)15)4-3-5-8(10)12/h3-5H,2,6H2,1H3,(H,14,15). The minimum absolute atomic E-state index is 0.0327. The summed E-state index contributed by atoms with van der Waals surface area (Å²) in [5, 5.41) is 9.04. The summed E-state index contributed by atoms with van der Waals surface area (Å²) in [6.07, 6.45) is 0. The van der Waals surface area contributed by atoms with Gasteiger partial charge in [-0.15, -0.1) is 0 Å². The van der Waals surface area contributed by atoms with Gasteiger partial charge in [-0.2, -0.15) is 0 Å². The minimum Gasteiger partial charge on any atom is -0.479 e. The maximum absolute atomic E-state index is 11.1. The molecule has 0 aliphatic heterocycles. The van der Waals surface area contributed by atoms with Crippen LogP contribution in [0.1, 0.15) is 17.3 Å². The summed E-state index contributed by atoms with van der Waals surface area (Å²) in [4.78, 5) is 22.0. The van der Waals surface area contributed by atoms with Gasteiger partial charge in [-0.05, 0) is 19.1 Å². The second-order valence-electron chi connectivity index (χ2n) is 3.02. The molecule has 0 radical (unpaired) electrons. The molecule has 0 aliphatic carbocycles. The summed E-state index contributed by atoms with van der Waals surface area (Å²) < 4.78 is 9.71. The number of halogens is 1. The smallest absolute Gasteiger partial charge is 0.344 e. The Hall–Kier alpha value is -1.75. The van der Waals surface area contributed by atoms with E-state index < -0.39 is 11.9 Å². The van der Waals surface area contributed by atoms with Gasteiger partial charge >= 0.3 is 11.9 Å². The molecule has 0 fully saturated rings. The summed E-state index contributed by atoms with van der Waals surface area (Å²) in [7, 11) is 0. The van der Waals surface area contributed by atoms with Gasteiger partial charge in [0.1, 0.15) is 5.56 Å². The number of hydrogen-bond acceptors (Lipinski definition) is 4. The van der Waals surface area contributed by atoms with E-state index in [2.05, 4.69) is 4.74 Å². The number of carbonyl (C=O) groups is 2. The zero-order valence-electron chi connectivity index (χ0n) is 9.10. The predicted molar refractivity (Wildman–Crippen MR) is 60.5 cm³/mol. The second kappa shape index (κ2) is 6.10. The molecule has 1 aromatic rings. The molecule has 0 bridgehead atoms. The summed E-state index contributed by atoms with van der Waals surface area (Å²) in [5.41, 5.74) is -0.0956. The Kier molecular flexibility index (Phi) is 4.78. The summed E-state index contributed by atoms with van der Waals surface area (Å²) in [6, 6.07) is 4.31. The molecule has 5 nitrogen and oxygen atoms in total. The molecule has 1 aromatic carbocycles. The molecule has 0 amide bonds. The quantitative estimate of drug-likeness (QED) is 0.818. The number of carboxylic acids is 1. The average Bonchev–Trinajstić information content (AvgIpc) is 2.27. The van der Waals surface area contributed by atoms with E-state index >= 15 is 0 Å². The van der Waals surface area contributed by atoms with Crippen LogP contribution >= 0.6 is 11.6 Å². The molecule has 0 unspecified atom stereocenters. The third kappa shape index (κ3) is 3.64. The Morgan fingerprint density at radius 2 is 2.12 bits per heavy atom. The van der Waals surface area contributed by atoms with Gasteiger partial charge in [0.15, 0.2) is 12.4 Å². The van der Waals surface area contributed by atoms with Crippen LogP contribution in [0.2, 0.25) is 5.02 Å². The van der Waals surface area contributed by atoms with Gasteiger partial charge in [0, 0.05) is 0 Å². The molecule has 0 spiro atoms. The monoisotopic (exact) mass is 258 g/mol. The van der Waals surface area contributed by atoms with Crippen LogP contribution in [0.5, 0.6) is 5.75 Å². The van der Waals surface area contributed by atoms with Crippen molar-refractivity contribution in [3.63, 3.8) is 0 Å². The van der Waals surface area contributed by atoms with Gasteiger partial charge in [-0.25, -0.2) is 9.59 Å². The van der Waals surface area contributed by atoms with E-state index in [0.29, 0.717) is 0 Å². The highest BCUT2D eigenvalue weighted by atomic mass is 35.5. The lowest BCUT2D eigenvalue weighted by molar-refractivity contribution is -0.145. The van der Waals surface area contributed by atoms with E-state index in [9.17, 15) is 9.59 Å². The summed E-state index contributed by atoms with van der Waals surface area (Å²) >= 11 is 5.79. The molecule has 0 saturated heterocycles. The molecular weight excluding hydrogens is 248 g/mol. The van der Waals surface area contributed by atoms with Gasteiger partial charge in [0.25, 0.3) is 0 Å². The van der Waals surface area contributed by atoms with Crippen molar-refractivity contribution in [1.29, 1.82) is 0 Å². The molecule has 0 saturated carbocycles. The van der Waals surface area contributed by atoms with Crippen molar-refractivity contribution >= 4 is 23.5 Å².